The molecule has 0 spiro atoms. The number of nitrogens with zero attached hydrogens (tertiary/aromatic N) is 1. The van der Waals surface area contributed by atoms with Gasteiger partial charge in [0.25, 0.3) is 5.91 Å². The van der Waals surface area contributed by atoms with Crippen LogP contribution in [0.25, 0.3) is 0 Å². The Morgan fingerprint density at radius 2 is 1.90 bits per heavy atom. The van der Waals surface area contributed by atoms with Crippen LogP contribution < -0.4 is 5.32 Å². The van der Waals surface area contributed by atoms with Crippen LogP contribution in [-0.2, 0) is 0 Å². The molecule has 4 heteroatoms. The molecule has 1 heterocycles. The number of amides is 1. The molecule has 0 aromatic carbocycles. The van der Waals surface area contributed by atoms with Crippen molar-refractivity contribution in [1.82, 2.24) is 9.88 Å². The van der Waals surface area contributed by atoms with Crippen molar-refractivity contribution in [3.8, 4) is 0 Å². The predicted molar refractivity (Wildman–Crippen MR) is 82.1 cm³/mol. The maximum Gasteiger partial charge on any atom is 0.253 e. The Morgan fingerprint density at radius 1 is 1.35 bits per heavy atom. The molecule has 4 nitrogen and oxygen atoms in total. The molecule has 114 valence electrons. The molecule has 1 aromatic heterocycles. The standard InChI is InChI=1S/C16H28N2O2/c1-10(2)16(7,20)9-17-15(19)14-8-12(5)18(11(3)4)13(14)6/h8,10-11,20H,9H2,1-7H3,(H,17,19). The van der Waals surface area contributed by atoms with Crippen LogP contribution in [0.1, 0.15) is 62.4 Å². The van der Waals surface area contributed by atoms with E-state index in [0.717, 1.165) is 11.4 Å². The molecule has 0 aliphatic rings. The molecule has 0 radical (unpaired) electrons. The minimum absolute atomic E-state index is 0.0888. The lowest BCUT2D eigenvalue weighted by atomic mass is 9.92. The fourth-order valence-corrected chi connectivity index (χ4v) is 2.36. The van der Waals surface area contributed by atoms with Crippen LogP contribution in [0, 0.1) is 19.8 Å². The van der Waals surface area contributed by atoms with Gasteiger partial charge < -0.3 is 15.0 Å². The molecule has 0 saturated carbocycles. The van der Waals surface area contributed by atoms with Gasteiger partial charge in [-0.25, -0.2) is 0 Å². The number of rotatable bonds is 5. The van der Waals surface area contributed by atoms with Gasteiger partial charge in [-0.2, -0.15) is 0 Å². The molecule has 2 N–H and O–H groups in total. The Kier molecular flexibility index (Phi) is 5.03. The lowest BCUT2D eigenvalue weighted by molar-refractivity contribution is 0.0142. The zero-order valence-corrected chi connectivity index (χ0v) is 13.7. The molecule has 0 fully saturated rings. The summed E-state index contributed by atoms with van der Waals surface area (Å²) in [5.74, 6) is -0.0307. The zero-order valence-electron chi connectivity index (χ0n) is 13.7. The highest BCUT2D eigenvalue weighted by Gasteiger charge is 2.26. The molecule has 1 aromatic rings. The molecule has 0 aliphatic heterocycles. The van der Waals surface area contributed by atoms with Crippen molar-refractivity contribution < 1.29 is 9.90 Å². The van der Waals surface area contributed by atoms with Gasteiger partial charge in [-0.3, -0.25) is 4.79 Å². The van der Waals surface area contributed by atoms with Crippen LogP contribution in [0.5, 0.6) is 0 Å². The fraction of sp³-hybridized carbons (Fsp3) is 0.688. The van der Waals surface area contributed by atoms with Crippen LogP contribution in [0.2, 0.25) is 0 Å². The van der Waals surface area contributed by atoms with E-state index in [9.17, 15) is 9.90 Å². The van der Waals surface area contributed by atoms with Gasteiger partial charge in [-0.1, -0.05) is 13.8 Å². The Morgan fingerprint density at radius 3 is 2.30 bits per heavy atom. The summed E-state index contributed by atoms with van der Waals surface area (Å²) >= 11 is 0. The van der Waals surface area contributed by atoms with E-state index >= 15 is 0 Å². The number of aryl methyl sites for hydroxylation is 1. The quantitative estimate of drug-likeness (QED) is 0.871. The molecule has 1 unspecified atom stereocenters. The first-order valence-electron chi connectivity index (χ1n) is 7.27. The lowest BCUT2D eigenvalue weighted by Crippen LogP contribution is -2.44. The maximum absolute atomic E-state index is 12.3. The summed E-state index contributed by atoms with van der Waals surface area (Å²) < 4.78 is 2.15. The van der Waals surface area contributed by atoms with Crippen molar-refractivity contribution in [1.29, 1.82) is 0 Å². The van der Waals surface area contributed by atoms with Gasteiger partial charge in [0.1, 0.15) is 0 Å². The van der Waals surface area contributed by atoms with Crippen molar-refractivity contribution >= 4 is 5.91 Å². The summed E-state index contributed by atoms with van der Waals surface area (Å²) in [6, 6.07) is 2.24. The first-order valence-corrected chi connectivity index (χ1v) is 7.27. The summed E-state index contributed by atoms with van der Waals surface area (Å²) in [6.45, 7) is 14.1. The average molecular weight is 280 g/mol. The average Bonchev–Trinajstić information content (AvgIpc) is 2.61. The summed E-state index contributed by atoms with van der Waals surface area (Å²) in [5, 5.41) is 13.0. The van der Waals surface area contributed by atoms with E-state index in [1.54, 1.807) is 6.92 Å². The Hall–Kier alpha value is -1.29. The van der Waals surface area contributed by atoms with Gasteiger partial charge in [0.15, 0.2) is 0 Å². The molecular weight excluding hydrogens is 252 g/mol. The van der Waals surface area contributed by atoms with E-state index in [2.05, 4.69) is 23.7 Å². The van der Waals surface area contributed by atoms with Crippen molar-refractivity contribution in [3.05, 3.63) is 23.0 Å². The zero-order chi connectivity index (χ0) is 15.7. The smallest absolute Gasteiger partial charge is 0.253 e. The van der Waals surface area contributed by atoms with Gasteiger partial charge in [0, 0.05) is 24.0 Å². The van der Waals surface area contributed by atoms with Gasteiger partial charge in [0.05, 0.1) is 11.2 Å². The van der Waals surface area contributed by atoms with Crippen LogP contribution in [0.4, 0.5) is 0 Å². The summed E-state index contributed by atoms with van der Waals surface area (Å²) in [6.07, 6.45) is 0. The summed E-state index contributed by atoms with van der Waals surface area (Å²) in [4.78, 5) is 12.3. The Balaban J connectivity index is 2.87. The number of hydrogen-bond donors (Lipinski definition) is 2. The molecule has 20 heavy (non-hydrogen) atoms. The van der Waals surface area contributed by atoms with E-state index in [1.165, 1.54) is 0 Å². The largest absolute Gasteiger partial charge is 0.388 e. The normalized spacial score (nSPS) is 14.7. The third-order valence-corrected chi connectivity index (χ3v) is 4.10. The van der Waals surface area contributed by atoms with Crippen LogP contribution in [-0.4, -0.2) is 27.7 Å². The summed E-state index contributed by atoms with van der Waals surface area (Å²) in [7, 11) is 0. The number of carbonyl (C=O) groups excluding carboxylic acids is 1. The molecule has 1 amide bonds. The van der Waals surface area contributed by atoms with Crippen LogP contribution >= 0.6 is 0 Å². The van der Waals surface area contributed by atoms with E-state index in [4.69, 9.17) is 0 Å². The number of carbonyl (C=O) groups is 1. The van der Waals surface area contributed by atoms with Gasteiger partial charge in [-0.15, -0.1) is 0 Å². The topological polar surface area (TPSA) is 54.3 Å². The van der Waals surface area contributed by atoms with Gasteiger partial charge >= 0.3 is 0 Å². The number of hydrogen-bond acceptors (Lipinski definition) is 2. The lowest BCUT2D eigenvalue weighted by Gasteiger charge is -2.27. The van der Waals surface area contributed by atoms with E-state index in [1.807, 2.05) is 33.8 Å². The second-order valence-corrected chi connectivity index (χ2v) is 6.44. The molecule has 1 atom stereocenters. The maximum atomic E-state index is 12.3. The van der Waals surface area contributed by atoms with Crippen molar-refractivity contribution in [2.75, 3.05) is 6.54 Å². The van der Waals surface area contributed by atoms with Gasteiger partial charge in [-0.05, 0) is 46.6 Å². The third kappa shape index (κ3) is 3.42. The monoisotopic (exact) mass is 280 g/mol. The minimum atomic E-state index is -0.890. The number of aromatic nitrogens is 1. The second-order valence-electron chi connectivity index (χ2n) is 6.44. The van der Waals surface area contributed by atoms with Crippen molar-refractivity contribution in [2.45, 2.75) is 60.1 Å². The molecule has 0 aliphatic carbocycles. The highest BCUT2D eigenvalue weighted by atomic mass is 16.3. The predicted octanol–water partition coefficient (Wildman–Crippen LogP) is 2.82. The second kappa shape index (κ2) is 6.00. The van der Waals surface area contributed by atoms with Gasteiger partial charge in [0.2, 0.25) is 0 Å². The molecular formula is C16H28N2O2. The molecule has 0 saturated heterocycles. The van der Waals surface area contributed by atoms with Crippen molar-refractivity contribution in [2.24, 2.45) is 5.92 Å². The van der Waals surface area contributed by atoms with E-state index in [0.29, 0.717) is 11.6 Å². The number of aliphatic hydroxyl groups is 1. The van der Waals surface area contributed by atoms with Crippen molar-refractivity contribution in [3.63, 3.8) is 0 Å². The Bertz CT molecular complexity index is 485. The first-order chi connectivity index (χ1) is 9.08. The highest BCUT2D eigenvalue weighted by molar-refractivity contribution is 5.95. The fourth-order valence-electron chi connectivity index (χ4n) is 2.36. The Labute approximate surface area is 122 Å². The molecule has 0 bridgehead atoms. The van der Waals surface area contributed by atoms with E-state index in [-0.39, 0.29) is 18.4 Å². The highest BCUT2D eigenvalue weighted by Crippen LogP contribution is 2.20. The minimum Gasteiger partial charge on any atom is -0.388 e. The SMILES string of the molecule is Cc1cc(C(=O)NCC(C)(O)C(C)C)c(C)n1C(C)C. The van der Waals surface area contributed by atoms with Crippen LogP contribution in [0.15, 0.2) is 6.07 Å². The molecule has 1 rings (SSSR count). The van der Waals surface area contributed by atoms with Crippen LogP contribution in [0.3, 0.4) is 0 Å². The van der Waals surface area contributed by atoms with E-state index < -0.39 is 5.60 Å². The first kappa shape index (κ1) is 16.8. The number of nitrogens with one attached hydrogen (secondary N) is 1. The third-order valence-electron chi connectivity index (χ3n) is 4.10. The summed E-state index contributed by atoms with van der Waals surface area (Å²) in [5.41, 5.74) is 1.85.